The highest BCUT2D eigenvalue weighted by Crippen LogP contribution is 2.16. The number of aliphatic carboxylic acids is 1. The number of para-hydroxylation sites is 1. The van der Waals surface area contributed by atoms with Crippen molar-refractivity contribution >= 4 is 22.8 Å². The third kappa shape index (κ3) is 3.56. The van der Waals surface area contributed by atoms with E-state index in [1.54, 1.807) is 20.0 Å². The van der Waals surface area contributed by atoms with Crippen molar-refractivity contribution in [3.8, 4) is 0 Å². The van der Waals surface area contributed by atoms with E-state index in [0.717, 1.165) is 16.5 Å². The molecule has 2 N–H and O–H groups in total. The topological polar surface area (TPSA) is 79.3 Å². The van der Waals surface area contributed by atoms with E-state index in [2.05, 4.69) is 10.3 Å². The maximum atomic E-state index is 12.1. The van der Waals surface area contributed by atoms with Crippen molar-refractivity contribution in [2.75, 3.05) is 0 Å². The standard InChI is InChI=1S/C16H18N2O3/c1-10(16(20)21)11(2)18-14(19)9-13-6-3-5-12-7-4-8-17-15(12)13/h3-8,10-11H,9H2,1-2H3,(H,18,19)(H,20,21). The molecule has 5 nitrogen and oxygen atoms in total. The summed E-state index contributed by atoms with van der Waals surface area (Å²) < 4.78 is 0. The van der Waals surface area contributed by atoms with Crippen molar-refractivity contribution in [3.63, 3.8) is 0 Å². The van der Waals surface area contributed by atoms with E-state index in [9.17, 15) is 9.59 Å². The summed E-state index contributed by atoms with van der Waals surface area (Å²) in [4.78, 5) is 27.3. The highest BCUT2D eigenvalue weighted by molar-refractivity contribution is 5.87. The van der Waals surface area contributed by atoms with Crippen LogP contribution in [0.4, 0.5) is 0 Å². The second kappa shape index (κ2) is 6.35. The molecule has 5 heteroatoms. The van der Waals surface area contributed by atoms with Crippen molar-refractivity contribution < 1.29 is 14.7 Å². The van der Waals surface area contributed by atoms with E-state index in [0.29, 0.717) is 0 Å². The molecule has 0 aliphatic heterocycles. The summed E-state index contributed by atoms with van der Waals surface area (Å²) in [6.45, 7) is 3.27. The Morgan fingerprint density at radius 2 is 1.95 bits per heavy atom. The summed E-state index contributed by atoms with van der Waals surface area (Å²) >= 11 is 0. The third-order valence-electron chi connectivity index (χ3n) is 3.60. The number of hydrogen-bond donors (Lipinski definition) is 2. The average Bonchev–Trinajstić information content (AvgIpc) is 2.46. The van der Waals surface area contributed by atoms with E-state index < -0.39 is 17.9 Å². The van der Waals surface area contributed by atoms with Gasteiger partial charge in [0.2, 0.25) is 5.91 Å². The van der Waals surface area contributed by atoms with Crippen LogP contribution in [0.2, 0.25) is 0 Å². The number of amides is 1. The molecule has 0 saturated carbocycles. The molecule has 1 aromatic carbocycles. The highest BCUT2D eigenvalue weighted by Gasteiger charge is 2.21. The zero-order valence-corrected chi connectivity index (χ0v) is 12.0. The summed E-state index contributed by atoms with van der Waals surface area (Å²) in [6, 6.07) is 9.06. The third-order valence-corrected chi connectivity index (χ3v) is 3.60. The SMILES string of the molecule is CC(NC(=O)Cc1cccc2cccnc12)C(C)C(=O)O. The van der Waals surface area contributed by atoms with Crippen LogP contribution in [-0.2, 0) is 16.0 Å². The van der Waals surface area contributed by atoms with E-state index in [-0.39, 0.29) is 12.3 Å². The maximum absolute atomic E-state index is 12.1. The van der Waals surface area contributed by atoms with Gasteiger partial charge in [0.15, 0.2) is 0 Å². The minimum atomic E-state index is -0.922. The van der Waals surface area contributed by atoms with Gasteiger partial charge in [-0.3, -0.25) is 14.6 Å². The number of benzene rings is 1. The van der Waals surface area contributed by atoms with Gasteiger partial charge in [0, 0.05) is 17.6 Å². The minimum absolute atomic E-state index is 0.186. The first kappa shape index (κ1) is 15.0. The second-order valence-electron chi connectivity index (χ2n) is 5.15. The number of aromatic nitrogens is 1. The van der Waals surface area contributed by atoms with Crippen molar-refractivity contribution in [2.24, 2.45) is 5.92 Å². The number of carbonyl (C=O) groups excluding carboxylic acids is 1. The molecular formula is C16H18N2O3. The number of pyridine rings is 1. The van der Waals surface area contributed by atoms with Gasteiger partial charge in [0.1, 0.15) is 0 Å². The molecule has 1 heterocycles. The van der Waals surface area contributed by atoms with Gasteiger partial charge in [-0.1, -0.05) is 24.3 Å². The van der Waals surface area contributed by atoms with Gasteiger partial charge >= 0.3 is 5.97 Å². The van der Waals surface area contributed by atoms with Gasteiger partial charge in [0.05, 0.1) is 17.9 Å². The number of carboxylic acid groups (broad SMARTS) is 1. The predicted molar refractivity (Wildman–Crippen MR) is 79.9 cm³/mol. The first-order valence-corrected chi connectivity index (χ1v) is 6.84. The van der Waals surface area contributed by atoms with Gasteiger partial charge in [-0.05, 0) is 25.5 Å². The fourth-order valence-electron chi connectivity index (χ4n) is 2.13. The van der Waals surface area contributed by atoms with Crippen molar-refractivity contribution in [3.05, 3.63) is 42.1 Å². The monoisotopic (exact) mass is 286 g/mol. The molecule has 0 bridgehead atoms. The quantitative estimate of drug-likeness (QED) is 0.881. The van der Waals surface area contributed by atoms with Gasteiger partial charge < -0.3 is 10.4 Å². The molecule has 1 amide bonds. The largest absolute Gasteiger partial charge is 0.481 e. The number of hydrogen-bond acceptors (Lipinski definition) is 3. The lowest BCUT2D eigenvalue weighted by Gasteiger charge is -2.17. The van der Waals surface area contributed by atoms with E-state index in [1.807, 2.05) is 30.3 Å². The summed E-state index contributed by atoms with van der Waals surface area (Å²) in [7, 11) is 0. The van der Waals surface area contributed by atoms with Crippen LogP contribution >= 0.6 is 0 Å². The molecule has 0 saturated heterocycles. The summed E-state index contributed by atoms with van der Waals surface area (Å²) in [5, 5.41) is 12.6. The molecule has 2 unspecified atom stereocenters. The summed E-state index contributed by atoms with van der Waals surface area (Å²) in [5.74, 6) is -1.75. The molecule has 2 atom stereocenters. The number of nitrogens with zero attached hydrogens (tertiary/aromatic N) is 1. The van der Waals surface area contributed by atoms with Crippen molar-refractivity contribution in [2.45, 2.75) is 26.3 Å². The lowest BCUT2D eigenvalue weighted by Crippen LogP contribution is -2.40. The molecule has 0 fully saturated rings. The molecule has 110 valence electrons. The second-order valence-corrected chi connectivity index (χ2v) is 5.15. The first-order chi connectivity index (χ1) is 9.99. The Kier molecular flexibility index (Phi) is 4.52. The predicted octanol–water partition coefficient (Wildman–Crippen LogP) is 2.00. The number of carbonyl (C=O) groups is 2. The Labute approximate surface area is 123 Å². The lowest BCUT2D eigenvalue weighted by molar-refractivity contribution is -0.142. The van der Waals surface area contributed by atoms with E-state index in [1.165, 1.54) is 0 Å². The van der Waals surface area contributed by atoms with Crippen molar-refractivity contribution in [1.29, 1.82) is 0 Å². The lowest BCUT2D eigenvalue weighted by atomic mass is 10.0. The molecule has 0 aliphatic rings. The van der Waals surface area contributed by atoms with Crippen LogP contribution in [0, 0.1) is 5.92 Å². The van der Waals surface area contributed by atoms with Gasteiger partial charge in [0.25, 0.3) is 0 Å². The van der Waals surface area contributed by atoms with Crippen LogP contribution in [0.15, 0.2) is 36.5 Å². The first-order valence-electron chi connectivity index (χ1n) is 6.84. The molecule has 0 spiro atoms. The zero-order chi connectivity index (χ0) is 15.4. The summed E-state index contributed by atoms with van der Waals surface area (Å²) in [6.07, 6.45) is 1.88. The van der Waals surface area contributed by atoms with E-state index in [4.69, 9.17) is 5.11 Å². The van der Waals surface area contributed by atoms with Crippen LogP contribution < -0.4 is 5.32 Å². The number of carboxylic acids is 1. The Morgan fingerprint density at radius 3 is 2.67 bits per heavy atom. The van der Waals surface area contributed by atoms with Gasteiger partial charge in [-0.2, -0.15) is 0 Å². The molecule has 0 aliphatic carbocycles. The van der Waals surface area contributed by atoms with Crippen LogP contribution in [0.3, 0.4) is 0 Å². The van der Waals surface area contributed by atoms with E-state index >= 15 is 0 Å². The molecule has 0 radical (unpaired) electrons. The molecule has 2 aromatic rings. The fourth-order valence-corrected chi connectivity index (χ4v) is 2.13. The molecular weight excluding hydrogens is 268 g/mol. The Bertz CT molecular complexity index is 664. The Hall–Kier alpha value is -2.43. The van der Waals surface area contributed by atoms with Crippen molar-refractivity contribution in [1.82, 2.24) is 10.3 Å². The fraction of sp³-hybridized carbons (Fsp3) is 0.312. The van der Waals surface area contributed by atoms with Crippen LogP contribution in [0.25, 0.3) is 10.9 Å². The van der Waals surface area contributed by atoms with Gasteiger partial charge in [-0.15, -0.1) is 0 Å². The maximum Gasteiger partial charge on any atom is 0.308 e. The van der Waals surface area contributed by atoms with Gasteiger partial charge in [-0.25, -0.2) is 0 Å². The molecule has 2 rings (SSSR count). The highest BCUT2D eigenvalue weighted by atomic mass is 16.4. The van der Waals surface area contributed by atoms with Crippen LogP contribution in [-0.4, -0.2) is 28.0 Å². The number of nitrogens with one attached hydrogen (secondary N) is 1. The summed E-state index contributed by atoms with van der Waals surface area (Å²) in [5.41, 5.74) is 1.63. The molecule has 21 heavy (non-hydrogen) atoms. The Morgan fingerprint density at radius 1 is 1.24 bits per heavy atom. The van der Waals surface area contributed by atoms with Crippen LogP contribution in [0.1, 0.15) is 19.4 Å². The average molecular weight is 286 g/mol. The normalized spacial score (nSPS) is 13.6. The number of fused-ring (bicyclic) bond motifs is 1. The zero-order valence-electron chi connectivity index (χ0n) is 12.0. The number of rotatable bonds is 5. The molecule has 1 aromatic heterocycles. The minimum Gasteiger partial charge on any atom is -0.481 e. The Balaban J connectivity index is 2.10. The van der Waals surface area contributed by atoms with Crippen LogP contribution in [0.5, 0.6) is 0 Å². The smallest absolute Gasteiger partial charge is 0.308 e.